The van der Waals surface area contributed by atoms with Crippen LogP contribution >= 0.6 is 12.2 Å². The number of nitrogens with two attached hydrogens (primary N) is 1. The van der Waals surface area contributed by atoms with Crippen LogP contribution in [0.3, 0.4) is 0 Å². The fraction of sp³-hybridized carbons (Fsp3) is 0.800. The zero-order valence-electron chi connectivity index (χ0n) is 9.89. The molecular weight excluding hydrogens is 260 g/mol. The van der Waals surface area contributed by atoms with Crippen molar-refractivity contribution in [1.29, 1.82) is 0 Å². The monoisotopic (exact) mass is 276 g/mol. The molecule has 2 rings (SSSR count). The number of nitrogens with zero attached hydrogens (tertiary/aromatic N) is 1. The van der Waals surface area contributed by atoms with Gasteiger partial charge in [-0.05, 0) is 32.1 Å². The van der Waals surface area contributed by atoms with Crippen molar-refractivity contribution in [3.63, 3.8) is 0 Å². The molecule has 7 heteroatoms. The Labute approximate surface area is 106 Å². The molecule has 17 heavy (non-hydrogen) atoms. The SMILES string of the molecule is CC1(C)C(=O)N(CC2(CC(N)=S)CC2)S1(=O)=O. The molecule has 1 aliphatic carbocycles. The van der Waals surface area contributed by atoms with E-state index in [0.717, 1.165) is 17.1 Å². The molecule has 1 heterocycles. The Bertz CT molecular complexity index is 492. The zero-order valence-corrected chi connectivity index (χ0v) is 11.5. The van der Waals surface area contributed by atoms with E-state index in [-0.39, 0.29) is 17.9 Å². The van der Waals surface area contributed by atoms with Gasteiger partial charge in [0.25, 0.3) is 15.9 Å². The van der Waals surface area contributed by atoms with Gasteiger partial charge in [-0.25, -0.2) is 12.7 Å². The molecule has 0 spiro atoms. The number of hydrogen-bond donors (Lipinski definition) is 1. The van der Waals surface area contributed by atoms with Crippen molar-refractivity contribution in [2.24, 2.45) is 11.1 Å². The Morgan fingerprint density at radius 3 is 2.35 bits per heavy atom. The van der Waals surface area contributed by atoms with Crippen LogP contribution in [0.4, 0.5) is 0 Å². The van der Waals surface area contributed by atoms with Gasteiger partial charge in [-0.2, -0.15) is 0 Å². The summed E-state index contributed by atoms with van der Waals surface area (Å²) in [5.74, 6) is -0.327. The highest BCUT2D eigenvalue weighted by atomic mass is 32.2. The molecule has 0 aromatic carbocycles. The number of hydrogen-bond acceptors (Lipinski definition) is 4. The Morgan fingerprint density at radius 2 is 2.00 bits per heavy atom. The average molecular weight is 276 g/mol. The Kier molecular flexibility index (Phi) is 2.56. The predicted molar refractivity (Wildman–Crippen MR) is 67.8 cm³/mol. The van der Waals surface area contributed by atoms with Crippen molar-refractivity contribution in [1.82, 2.24) is 4.31 Å². The smallest absolute Gasteiger partial charge is 0.258 e. The van der Waals surface area contributed by atoms with E-state index >= 15 is 0 Å². The van der Waals surface area contributed by atoms with Crippen molar-refractivity contribution >= 4 is 33.1 Å². The Morgan fingerprint density at radius 1 is 1.47 bits per heavy atom. The first-order valence-corrected chi connectivity index (χ1v) is 7.32. The van der Waals surface area contributed by atoms with Crippen LogP contribution in [0, 0.1) is 5.41 Å². The van der Waals surface area contributed by atoms with Crippen molar-refractivity contribution in [3.8, 4) is 0 Å². The third-order valence-electron chi connectivity index (χ3n) is 3.66. The van der Waals surface area contributed by atoms with Crippen LogP contribution in [0.1, 0.15) is 33.1 Å². The summed E-state index contributed by atoms with van der Waals surface area (Å²) in [5.41, 5.74) is 5.30. The van der Waals surface area contributed by atoms with Gasteiger partial charge in [0, 0.05) is 13.0 Å². The first-order chi connectivity index (χ1) is 7.62. The molecule has 0 atom stereocenters. The van der Waals surface area contributed by atoms with Gasteiger partial charge in [0.15, 0.2) is 4.75 Å². The van der Waals surface area contributed by atoms with Gasteiger partial charge in [0.2, 0.25) is 0 Å². The van der Waals surface area contributed by atoms with Gasteiger partial charge >= 0.3 is 0 Å². The molecule has 0 radical (unpaired) electrons. The lowest BCUT2D eigenvalue weighted by Crippen LogP contribution is -2.68. The first kappa shape index (κ1) is 12.8. The zero-order chi connectivity index (χ0) is 13.1. The minimum Gasteiger partial charge on any atom is -0.393 e. The van der Waals surface area contributed by atoms with Crippen LogP contribution in [0.5, 0.6) is 0 Å². The van der Waals surface area contributed by atoms with E-state index in [4.69, 9.17) is 18.0 Å². The maximum absolute atomic E-state index is 11.9. The molecule has 2 aliphatic rings. The number of thiocarbonyl (C=S) groups is 1. The summed E-state index contributed by atoms with van der Waals surface area (Å²) in [6.45, 7) is 3.11. The topological polar surface area (TPSA) is 80.5 Å². The van der Waals surface area contributed by atoms with E-state index in [9.17, 15) is 13.2 Å². The number of rotatable bonds is 4. The van der Waals surface area contributed by atoms with E-state index in [1.807, 2.05) is 0 Å². The molecule has 1 saturated carbocycles. The van der Waals surface area contributed by atoms with Gasteiger partial charge in [-0.1, -0.05) is 12.2 Å². The molecule has 0 bridgehead atoms. The molecule has 5 nitrogen and oxygen atoms in total. The van der Waals surface area contributed by atoms with Gasteiger partial charge in [-0.3, -0.25) is 4.79 Å². The van der Waals surface area contributed by atoms with Crippen molar-refractivity contribution < 1.29 is 13.2 Å². The molecule has 2 N–H and O–H groups in total. The van der Waals surface area contributed by atoms with Gasteiger partial charge in [-0.15, -0.1) is 0 Å². The van der Waals surface area contributed by atoms with E-state index in [0.29, 0.717) is 11.4 Å². The third-order valence-corrected chi connectivity index (χ3v) is 6.15. The molecule has 1 aliphatic heterocycles. The lowest BCUT2D eigenvalue weighted by atomic mass is 10.0. The molecule has 1 amide bonds. The fourth-order valence-corrected chi connectivity index (χ4v) is 4.10. The molecule has 0 unspecified atom stereocenters. The summed E-state index contributed by atoms with van der Waals surface area (Å²) < 4.78 is 23.5. The van der Waals surface area contributed by atoms with Crippen LogP contribution < -0.4 is 5.73 Å². The van der Waals surface area contributed by atoms with E-state index in [1.165, 1.54) is 13.8 Å². The molecular formula is C10H16N2O3S2. The van der Waals surface area contributed by atoms with E-state index < -0.39 is 14.8 Å². The summed E-state index contributed by atoms with van der Waals surface area (Å²) >= 11 is 4.85. The number of carbonyl (C=O) groups is 1. The fourth-order valence-electron chi connectivity index (χ4n) is 2.15. The maximum Gasteiger partial charge on any atom is 0.258 e. The molecule has 96 valence electrons. The number of sulfonamides is 1. The predicted octanol–water partition coefficient (Wildman–Crippen LogP) is 0.393. The quantitative estimate of drug-likeness (QED) is 0.751. The highest BCUT2D eigenvalue weighted by Crippen LogP contribution is 2.51. The number of amides is 1. The molecule has 1 saturated heterocycles. The average Bonchev–Trinajstić information content (AvgIpc) is 2.92. The largest absolute Gasteiger partial charge is 0.393 e. The van der Waals surface area contributed by atoms with Gasteiger partial charge in [0.1, 0.15) is 0 Å². The van der Waals surface area contributed by atoms with Crippen LogP contribution in [0.25, 0.3) is 0 Å². The van der Waals surface area contributed by atoms with Crippen LogP contribution in [-0.2, 0) is 14.8 Å². The Balaban J connectivity index is 2.12. The minimum atomic E-state index is -3.48. The van der Waals surface area contributed by atoms with Crippen LogP contribution in [-0.4, -0.2) is 34.9 Å². The number of carbonyl (C=O) groups excluding carboxylic acids is 1. The standard InChI is InChI=1S/C10H16N2O3S2/c1-9(2)8(13)12(17(9,14)15)6-10(3-4-10)5-7(11)16/h3-6H2,1-2H3,(H2,11,16). The summed E-state index contributed by atoms with van der Waals surface area (Å²) in [6.07, 6.45) is 2.27. The summed E-state index contributed by atoms with van der Waals surface area (Å²) in [7, 11) is -3.48. The second-order valence-corrected chi connectivity index (χ2v) is 8.41. The van der Waals surface area contributed by atoms with Crippen LogP contribution in [0.15, 0.2) is 0 Å². The summed E-state index contributed by atoms with van der Waals surface area (Å²) in [4.78, 5) is 12.2. The molecule has 0 aromatic heterocycles. The molecule has 2 fully saturated rings. The highest BCUT2D eigenvalue weighted by molar-refractivity contribution is 7.94. The van der Waals surface area contributed by atoms with Crippen molar-refractivity contribution in [2.75, 3.05) is 6.54 Å². The Hall–Kier alpha value is -0.690. The molecule has 0 aromatic rings. The van der Waals surface area contributed by atoms with Gasteiger partial charge in [0.05, 0.1) is 4.99 Å². The lowest BCUT2D eigenvalue weighted by molar-refractivity contribution is -0.132. The highest BCUT2D eigenvalue weighted by Gasteiger charge is 2.62. The van der Waals surface area contributed by atoms with Crippen molar-refractivity contribution in [3.05, 3.63) is 0 Å². The van der Waals surface area contributed by atoms with E-state index in [2.05, 4.69) is 0 Å². The second-order valence-electron chi connectivity index (χ2n) is 5.47. The lowest BCUT2D eigenvalue weighted by Gasteiger charge is -2.44. The van der Waals surface area contributed by atoms with E-state index in [1.54, 1.807) is 0 Å². The minimum absolute atomic E-state index is 0.189. The van der Waals surface area contributed by atoms with Crippen molar-refractivity contribution in [2.45, 2.75) is 37.9 Å². The van der Waals surface area contributed by atoms with Gasteiger partial charge < -0.3 is 5.73 Å². The normalized spacial score (nSPS) is 27.4. The third kappa shape index (κ3) is 1.76. The summed E-state index contributed by atoms with van der Waals surface area (Å²) in [6, 6.07) is 0. The van der Waals surface area contributed by atoms with Crippen LogP contribution in [0.2, 0.25) is 0 Å². The maximum atomic E-state index is 11.9. The first-order valence-electron chi connectivity index (χ1n) is 5.47. The summed E-state index contributed by atoms with van der Waals surface area (Å²) in [5, 5.41) is 0. The second kappa shape index (κ2) is 3.41.